The first kappa shape index (κ1) is 19.2. The van der Waals surface area contributed by atoms with E-state index in [1.165, 1.54) is 0 Å². The van der Waals surface area contributed by atoms with Gasteiger partial charge in [0.05, 0.1) is 40.4 Å². The number of hydrogen-bond acceptors (Lipinski definition) is 5. The smallest absolute Gasteiger partial charge is 0.273 e. The van der Waals surface area contributed by atoms with E-state index < -0.39 is 17.0 Å². The fourth-order valence-corrected chi connectivity index (χ4v) is 3.71. The summed E-state index contributed by atoms with van der Waals surface area (Å²) in [5, 5.41) is 6.33. The fraction of sp³-hybridized carbons (Fsp3) is 0.250. The number of halogens is 1. The molecular formula is C20H19ClN4O4. The van der Waals surface area contributed by atoms with Crippen molar-refractivity contribution < 1.29 is 9.53 Å². The minimum absolute atomic E-state index is 0.265. The maximum Gasteiger partial charge on any atom is 0.273 e. The number of ether oxygens (including phenoxy) is 1. The lowest BCUT2D eigenvalue weighted by molar-refractivity contribution is -0.117. The lowest BCUT2D eigenvalue weighted by Crippen LogP contribution is -2.37. The summed E-state index contributed by atoms with van der Waals surface area (Å²) < 4.78 is 6.39. The molecule has 1 amide bonds. The molecule has 9 heteroatoms. The van der Waals surface area contributed by atoms with Gasteiger partial charge in [-0.15, -0.1) is 0 Å². The highest BCUT2D eigenvalue weighted by Crippen LogP contribution is 2.34. The number of fused-ring (bicyclic) bond motifs is 1. The summed E-state index contributed by atoms with van der Waals surface area (Å²) in [5.74, 6) is -0.449. The van der Waals surface area contributed by atoms with Gasteiger partial charge in [-0.2, -0.15) is 0 Å². The maximum absolute atomic E-state index is 12.6. The van der Waals surface area contributed by atoms with Crippen LogP contribution in [-0.4, -0.2) is 42.0 Å². The van der Waals surface area contributed by atoms with E-state index >= 15 is 0 Å². The average molecular weight is 415 g/mol. The number of benzene rings is 2. The highest BCUT2D eigenvalue weighted by molar-refractivity contribution is 6.34. The zero-order valence-corrected chi connectivity index (χ0v) is 16.2. The Balaban J connectivity index is 1.61. The van der Waals surface area contributed by atoms with Crippen LogP contribution in [0.25, 0.3) is 10.8 Å². The number of H-pyrrole nitrogens is 1. The maximum atomic E-state index is 12.6. The Labute approximate surface area is 170 Å². The van der Waals surface area contributed by atoms with E-state index in [9.17, 15) is 14.4 Å². The van der Waals surface area contributed by atoms with E-state index in [-0.39, 0.29) is 11.9 Å². The zero-order valence-electron chi connectivity index (χ0n) is 15.5. The van der Waals surface area contributed by atoms with Gasteiger partial charge in [0.25, 0.3) is 11.1 Å². The van der Waals surface area contributed by atoms with Crippen LogP contribution in [0, 0.1) is 0 Å². The lowest BCUT2D eigenvalue weighted by Gasteiger charge is -2.31. The fourth-order valence-electron chi connectivity index (χ4n) is 3.42. The molecule has 2 heterocycles. The number of para-hydroxylation sites is 1. The van der Waals surface area contributed by atoms with Gasteiger partial charge < -0.3 is 15.0 Å². The molecule has 0 aliphatic carbocycles. The van der Waals surface area contributed by atoms with Gasteiger partial charge in [0, 0.05) is 13.1 Å². The Morgan fingerprint density at radius 2 is 1.79 bits per heavy atom. The molecule has 0 unspecified atom stereocenters. The molecule has 1 aromatic heterocycles. The quantitative estimate of drug-likeness (QED) is 0.678. The SMILES string of the molecule is O=C(Cn1[nH]c(=O)c2ccccc2c1=O)Nc1cccc(Cl)c1N1CCOCC1. The Morgan fingerprint density at radius 3 is 2.55 bits per heavy atom. The van der Waals surface area contributed by atoms with Crippen molar-refractivity contribution in [1.82, 2.24) is 9.78 Å². The molecule has 0 bridgehead atoms. The zero-order chi connectivity index (χ0) is 20.4. The van der Waals surface area contributed by atoms with Gasteiger partial charge in [-0.05, 0) is 24.3 Å². The van der Waals surface area contributed by atoms with Gasteiger partial charge in [-0.3, -0.25) is 19.5 Å². The van der Waals surface area contributed by atoms with E-state index in [0.29, 0.717) is 48.1 Å². The Hall–Kier alpha value is -3.10. The van der Waals surface area contributed by atoms with Crippen molar-refractivity contribution in [3.63, 3.8) is 0 Å². The molecule has 4 rings (SSSR count). The monoisotopic (exact) mass is 414 g/mol. The second kappa shape index (κ2) is 8.10. The molecule has 0 radical (unpaired) electrons. The molecule has 1 fully saturated rings. The highest BCUT2D eigenvalue weighted by atomic mass is 35.5. The third-order valence-corrected chi connectivity index (χ3v) is 5.08. The van der Waals surface area contributed by atoms with Crippen LogP contribution in [0.2, 0.25) is 5.02 Å². The van der Waals surface area contributed by atoms with Crippen LogP contribution in [0.1, 0.15) is 0 Å². The minimum atomic E-state index is -0.449. The van der Waals surface area contributed by atoms with Crippen LogP contribution >= 0.6 is 11.6 Å². The Morgan fingerprint density at radius 1 is 1.07 bits per heavy atom. The second-order valence-corrected chi connectivity index (χ2v) is 7.07. The van der Waals surface area contributed by atoms with Crippen molar-refractivity contribution >= 4 is 39.7 Å². The van der Waals surface area contributed by atoms with Crippen molar-refractivity contribution in [3.05, 3.63) is 68.2 Å². The number of amides is 1. The van der Waals surface area contributed by atoms with Crippen LogP contribution in [0.15, 0.2) is 52.1 Å². The molecule has 0 saturated carbocycles. The van der Waals surface area contributed by atoms with Crippen molar-refractivity contribution in [2.45, 2.75) is 6.54 Å². The van der Waals surface area contributed by atoms with Gasteiger partial charge in [0.1, 0.15) is 6.54 Å². The number of anilines is 2. The molecule has 29 heavy (non-hydrogen) atoms. The molecule has 150 valence electrons. The Kier molecular flexibility index (Phi) is 5.37. The average Bonchev–Trinajstić information content (AvgIpc) is 2.72. The van der Waals surface area contributed by atoms with Crippen molar-refractivity contribution in [3.8, 4) is 0 Å². The number of carbonyl (C=O) groups excluding carboxylic acids is 1. The van der Waals surface area contributed by atoms with E-state index in [1.54, 1.807) is 42.5 Å². The van der Waals surface area contributed by atoms with E-state index in [1.807, 2.05) is 4.90 Å². The summed E-state index contributed by atoms with van der Waals surface area (Å²) in [6.07, 6.45) is 0. The molecule has 1 aliphatic heterocycles. The van der Waals surface area contributed by atoms with Gasteiger partial charge >= 0.3 is 0 Å². The van der Waals surface area contributed by atoms with Crippen LogP contribution in [-0.2, 0) is 16.1 Å². The predicted octanol–water partition coefficient (Wildman–Crippen LogP) is 1.82. The van der Waals surface area contributed by atoms with Crippen LogP contribution in [0.4, 0.5) is 11.4 Å². The number of nitrogens with zero attached hydrogens (tertiary/aromatic N) is 2. The third kappa shape index (κ3) is 3.90. The van der Waals surface area contributed by atoms with Crippen LogP contribution < -0.4 is 21.3 Å². The van der Waals surface area contributed by atoms with Crippen molar-refractivity contribution in [2.75, 3.05) is 36.5 Å². The molecule has 2 N–H and O–H groups in total. The number of nitrogens with one attached hydrogen (secondary N) is 2. The molecule has 8 nitrogen and oxygen atoms in total. The van der Waals surface area contributed by atoms with E-state index in [0.717, 1.165) is 4.68 Å². The number of aromatic amines is 1. The van der Waals surface area contributed by atoms with Gasteiger partial charge in [0.2, 0.25) is 5.91 Å². The molecule has 0 spiro atoms. The van der Waals surface area contributed by atoms with Crippen LogP contribution in [0.5, 0.6) is 0 Å². The first-order chi connectivity index (χ1) is 14.0. The summed E-state index contributed by atoms with van der Waals surface area (Å²) in [7, 11) is 0. The van der Waals surface area contributed by atoms with Crippen molar-refractivity contribution in [2.24, 2.45) is 0 Å². The largest absolute Gasteiger partial charge is 0.378 e. The number of hydrogen-bond donors (Lipinski definition) is 2. The molecule has 1 aliphatic rings. The summed E-state index contributed by atoms with van der Waals surface area (Å²) >= 11 is 6.38. The number of rotatable bonds is 4. The standard InChI is InChI=1S/C20H19ClN4O4/c21-15-6-3-7-16(18(15)24-8-10-29-11-9-24)22-17(26)12-25-20(28)14-5-2-1-4-13(14)19(27)23-25/h1-7H,8-12H2,(H,22,26)(H,23,27). The predicted molar refractivity (Wildman–Crippen MR) is 112 cm³/mol. The molecule has 3 aromatic rings. The lowest BCUT2D eigenvalue weighted by atomic mass is 10.2. The highest BCUT2D eigenvalue weighted by Gasteiger charge is 2.19. The summed E-state index contributed by atoms with van der Waals surface area (Å²) in [5.41, 5.74) is 0.394. The van der Waals surface area contributed by atoms with Gasteiger partial charge in [-0.1, -0.05) is 29.8 Å². The number of morpholine rings is 1. The molecule has 2 aromatic carbocycles. The first-order valence-corrected chi connectivity index (χ1v) is 9.55. The molecule has 1 saturated heterocycles. The second-order valence-electron chi connectivity index (χ2n) is 6.66. The Bertz CT molecular complexity index is 1180. The summed E-state index contributed by atoms with van der Waals surface area (Å²) in [6.45, 7) is 2.14. The number of carbonyl (C=O) groups is 1. The summed E-state index contributed by atoms with van der Waals surface area (Å²) in [4.78, 5) is 39.5. The normalized spacial score (nSPS) is 14.2. The molecule has 0 atom stereocenters. The van der Waals surface area contributed by atoms with E-state index in [4.69, 9.17) is 16.3 Å². The van der Waals surface area contributed by atoms with Crippen LogP contribution in [0.3, 0.4) is 0 Å². The topological polar surface area (TPSA) is 96.4 Å². The van der Waals surface area contributed by atoms with E-state index in [2.05, 4.69) is 10.4 Å². The first-order valence-electron chi connectivity index (χ1n) is 9.17. The minimum Gasteiger partial charge on any atom is -0.378 e. The molecular weight excluding hydrogens is 396 g/mol. The van der Waals surface area contributed by atoms with Gasteiger partial charge in [0.15, 0.2) is 0 Å². The summed E-state index contributed by atoms with van der Waals surface area (Å²) in [6, 6.07) is 11.7. The third-order valence-electron chi connectivity index (χ3n) is 4.77. The van der Waals surface area contributed by atoms with Crippen molar-refractivity contribution in [1.29, 1.82) is 0 Å². The van der Waals surface area contributed by atoms with Gasteiger partial charge in [-0.25, -0.2) is 4.68 Å². The number of aromatic nitrogens is 2.